The first-order valence-corrected chi connectivity index (χ1v) is 12.6. The molecule has 1 fully saturated rings. The number of nitrogens with two attached hydrogens (primary N) is 1. The van der Waals surface area contributed by atoms with Crippen molar-refractivity contribution in [3.8, 4) is 0 Å². The molecule has 15 heteroatoms. The van der Waals surface area contributed by atoms with Crippen LogP contribution in [0.4, 0.5) is 10.6 Å². The lowest BCUT2D eigenvalue weighted by atomic mass is 10.0. The first kappa shape index (κ1) is 29.0. The van der Waals surface area contributed by atoms with Crippen molar-refractivity contribution in [3.05, 3.63) is 47.5 Å². The number of aromatic nitrogens is 4. The lowest BCUT2D eigenvalue weighted by Gasteiger charge is -2.26. The number of nitrogen functional groups attached to an aromatic ring is 1. The first-order valence-electron chi connectivity index (χ1n) is 12.3. The number of benzene rings is 1. The number of hydrogen-bond donors (Lipinski definition) is 4. The number of nitrogens with zero attached hydrogens (tertiary/aromatic N) is 4. The highest BCUT2D eigenvalue weighted by Crippen LogP contribution is 2.32. The van der Waals surface area contributed by atoms with Gasteiger partial charge in [0.25, 0.3) is 0 Å². The van der Waals surface area contributed by atoms with Gasteiger partial charge in [0.15, 0.2) is 23.8 Å². The number of aliphatic hydroxyl groups excluding tert-OH is 1. The minimum atomic E-state index is -1.46. The molecule has 4 rings (SSSR count). The molecule has 0 radical (unpaired) electrons. The number of nitrogens with one attached hydrogen (secondary N) is 2. The maximum absolute atomic E-state index is 13.6. The van der Waals surface area contributed by atoms with Crippen molar-refractivity contribution in [2.24, 2.45) is 0 Å². The maximum Gasteiger partial charge on any atom is 0.408 e. The number of esters is 1. The molecular weight excluding hydrogens is 546 g/mol. The number of aliphatic hydroxyl groups is 1. The minimum Gasteiger partial charge on any atom is -0.467 e. The molecule has 5 atom stereocenters. The van der Waals surface area contributed by atoms with Crippen molar-refractivity contribution in [3.63, 3.8) is 0 Å². The van der Waals surface area contributed by atoms with E-state index in [1.54, 1.807) is 45.0 Å². The molecule has 3 heterocycles. The van der Waals surface area contributed by atoms with Crippen LogP contribution in [0.5, 0.6) is 0 Å². The zero-order valence-electron chi connectivity index (χ0n) is 22.2. The van der Waals surface area contributed by atoms with Gasteiger partial charge in [-0.1, -0.05) is 23.7 Å². The number of carbonyl (C=O) groups is 3. The van der Waals surface area contributed by atoms with E-state index in [-0.39, 0.29) is 23.4 Å². The molecular formula is C25H30ClN7O7. The summed E-state index contributed by atoms with van der Waals surface area (Å²) in [6.45, 7) is 5.05. The molecule has 5 N–H and O–H groups in total. The lowest BCUT2D eigenvalue weighted by Crippen LogP contribution is -2.56. The van der Waals surface area contributed by atoms with E-state index in [1.807, 2.05) is 0 Å². The molecule has 2 aromatic heterocycles. The van der Waals surface area contributed by atoms with E-state index in [0.29, 0.717) is 10.6 Å². The molecule has 1 aliphatic heterocycles. The molecule has 2 amide bonds. The Morgan fingerprint density at radius 1 is 1.25 bits per heavy atom. The van der Waals surface area contributed by atoms with Gasteiger partial charge >= 0.3 is 12.1 Å². The van der Waals surface area contributed by atoms with Crippen molar-refractivity contribution in [1.82, 2.24) is 30.2 Å². The van der Waals surface area contributed by atoms with Gasteiger partial charge < -0.3 is 35.7 Å². The normalized spacial score (nSPS) is 21.6. The molecule has 1 aromatic carbocycles. The van der Waals surface area contributed by atoms with E-state index in [9.17, 15) is 19.5 Å². The Hall–Kier alpha value is -4.01. The van der Waals surface area contributed by atoms with Gasteiger partial charge in [0.1, 0.15) is 29.6 Å². The van der Waals surface area contributed by atoms with Crippen LogP contribution in [0.2, 0.25) is 5.02 Å². The van der Waals surface area contributed by atoms with Crippen LogP contribution in [0.15, 0.2) is 36.9 Å². The minimum absolute atomic E-state index is 0.0317. The van der Waals surface area contributed by atoms with Gasteiger partial charge in [-0.3, -0.25) is 9.36 Å². The quantitative estimate of drug-likeness (QED) is 0.295. The Morgan fingerprint density at radius 2 is 2.00 bits per heavy atom. The number of hydrogen-bond acceptors (Lipinski definition) is 11. The summed E-state index contributed by atoms with van der Waals surface area (Å²) in [5.74, 6) is -1.44. The monoisotopic (exact) mass is 575 g/mol. The van der Waals surface area contributed by atoms with E-state index in [4.69, 9.17) is 31.5 Å². The van der Waals surface area contributed by atoms with Gasteiger partial charge in [-0.15, -0.1) is 0 Å². The summed E-state index contributed by atoms with van der Waals surface area (Å²) in [6, 6.07) is 4.33. The predicted octanol–water partition coefficient (Wildman–Crippen LogP) is 1.11. The van der Waals surface area contributed by atoms with Gasteiger partial charge in [0.05, 0.1) is 19.5 Å². The summed E-state index contributed by atoms with van der Waals surface area (Å²) >= 11 is 6.11. The smallest absolute Gasteiger partial charge is 0.408 e. The topological polar surface area (TPSA) is 193 Å². The van der Waals surface area contributed by atoms with Crippen LogP contribution in [0.3, 0.4) is 0 Å². The Kier molecular flexibility index (Phi) is 8.42. The van der Waals surface area contributed by atoms with Gasteiger partial charge in [0, 0.05) is 11.4 Å². The average Bonchev–Trinajstić information content (AvgIpc) is 3.44. The average molecular weight is 576 g/mol. The van der Waals surface area contributed by atoms with Crippen LogP contribution in [-0.2, 0) is 30.2 Å². The largest absolute Gasteiger partial charge is 0.467 e. The number of rotatable bonds is 7. The molecule has 0 spiro atoms. The van der Waals surface area contributed by atoms with Crippen molar-refractivity contribution in [2.45, 2.75) is 63.3 Å². The second-order valence-electron chi connectivity index (χ2n) is 10.1. The van der Waals surface area contributed by atoms with Crippen LogP contribution in [0.1, 0.15) is 32.6 Å². The third-order valence-corrected chi connectivity index (χ3v) is 6.25. The number of carbonyl (C=O) groups excluding carboxylic acids is 3. The van der Waals surface area contributed by atoms with E-state index < -0.39 is 54.1 Å². The van der Waals surface area contributed by atoms with Gasteiger partial charge in [-0.25, -0.2) is 24.5 Å². The van der Waals surface area contributed by atoms with Gasteiger partial charge in [-0.2, -0.15) is 0 Å². The molecule has 1 saturated heterocycles. The highest BCUT2D eigenvalue weighted by Gasteiger charge is 2.50. The van der Waals surface area contributed by atoms with Gasteiger partial charge in [-0.05, 0) is 38.5 Å². The van der Waals surface area contributed by atoms with Crippen LogP contribution in [-0.4, -0.2) is 79.6 Å². The third-order valence-electron chi connectivity index (χ3n) is 6.01. The fraction of sp³-hybridized carbons (Fsp3) is 0.440. The van der Waals surface area contributed by atoms with E-state index >= 15 is 0 Å². The summed E-state index contributed by atoms with van der Waals surface area (Å²) in [6.07, 6.45) is -2.31. The number of alkyl carbamates (subject to hydrolysis) is 1. The maximum atomic E-state index is 13.6. The number of amides is 2. The fourth-order valence-corrected chi connectivity index (χ4v) is 4.47. The highest BCUT2D eigenvalue weighted by molar-refractivity contribution is 6.30. The van der Waals surface area contributed by atoms with E-state index in [1.165, 1.54) is 17.2 Å². The molecule has 14 nitrogen and oxygen atoms in total. The Balaban J connectivity index is 1.61. The first-order chi connectivity index (χ1) is 18.9. The van der Waals surface area contributed by atoms with Crippen molar-refractivity contribution in [1.29, 1.82) is 0 Å². The number of halogens is 1. The van der Waals surface area contributed by atoms with Crippen LogP contribution in [0, 0.1) is 0 Å². The number of anilines is 1. The fourth-order valence-electron chi connectivity index (χ4n) is 4.26. The van der Waals surface area contributed by atoms with E-state index in [2.05, 4.69) is 25.6 Å². The standard InChI is InChI=1S/C25H30ClN7O7/c1-25(2,3)40-24(37)31-14(9-12-6-5-7-13(26)8-12)21(35)32-15-17(34)22(39-18(15)23(36)38-4)33-11-30-16-19(27)28-10-29-20(16)33/h5-8,10-11,14-15,17-18,22,34H,9H2,1-4H3,(H,31,37)(H,32,35)(H2,27,28,29)/t14?,15-,17+,18-,22+/m0/s1. The SMILES string of the molecule is COC(=O)[C@H]1O[C@@H](n2cnc3c(N)ncnc32)[C@H](O)[C@@H]1NC(=O)C(Cc1cccc(Cl)c1)NC(=O)OC(C)(C)C. The summed E-state index contributed by atoms with van der Waals surface area (Å²) in [4.78, 5) is 51.0. The Bertz CT molecular complexity index is 1410. The second-order valence-corrected chi connectivity index (χ2v) is 10.5. The van der Waals surface area contributed by atoms with Crippen LogP contribution >= 0.6 is 11.6 Å². The summed E-state index contributed by atoms with van der Waals surface area (Å²) in [5, 5.41) is 16.9. The van der Waals surface area contributed by atoms with Crippen LogP contribution < -0.4 is 16.4 Å². The number of fused-ring (bicyclic) bond motifs is 1. The lowest BCUT2D eigenvalue weighted by molar-refractivity contribution is -0.156. The number of ether oxygens (including phenoxy) is 3. The predicted molar refractivity (Wildman–Crippen MR) is 142 cm³/mol. The van der Waals surface area contributed by atoms with Crippen molar-refractivity contribution >= 4 is 46.6 Å². The molecule has 40 heavy (non-hydrogen) atoms. The molecule has 0 aliphatic carbocycles. The van der Waals surface area contributed by atoms with Gasteiger partial charge in [0.2, 0.25) is 5.91 Å². The summed E-state index contributed by atoms with van der Waals surface area (Å²) < 4.78 is 17.4. The third kappa shape index (κ3) is 6.41. The molecule has 1 unspecified atom stereocenters. The summed E-state index contributed by atoms with van der Waals surface area (Å²) in [5.41, 5.74) is 6.21. The Morgan fingerprint density at radius 3 is 2.67 bits per heavy atom. The summed E-state index contributed by atoms with van der Waals surface area (Å²) in [7, 11) is 1.15. The molecule has 0 bridgehead atoms. The van der Waals surface area contributed by atoms with Crippen LogP contribution in [0.25, 0.3) is 11.2 Å². The zero-order chi connectivity index (χ0) is 29.2. The molecule has 214 valence electrons. The number of imidazole rings is 1. The number of methoxy groups -OCH3 is 1. The molecule has 3 aromatic rings. The molecule has 0 saturated carbocycles. The Labute approximate surface area is 234 Å². The van der Waals surface area contributed by atoms with Crippen molar-refractivity contribution in [2.75, 3.05) is 12.8 Å². The van der Waals surface area contributed by atoms with E-state index in [0.717, 1.165) is 7.11 Å². The highest BCUT2D eigenvalue weighted by atomic mass is 35.5. The molecule has 1 aliphatic rings. The van der Waals surface area contributed by atoms with Crippen molar-refractivity contribution < 1.29 is 33.7 Å². The second kappa shape index (κ2) is 11.6. The zero-order valence-corrected chi connectivity index (χ0v) is 23.0.